The SMILES string of the molecule is CC(C)[C@@H](C(N)=O)N(C)C(=O)N1C[C@H]2[C@@H]1CCN2C(=O)/C=C/CF. The zero-order valence-corrected chi connectivity index (χ0v) is 14.3. The molecule has 2 fully saturated rings. The van der Waals surface area contributed by atoms with Crippen LogP contribution in [0.15, 0.2) is 12.2 Å². The minimum absolute atomic E-state index is 0.0369. The van der Waals surface area contributed by atoms with Crippen molar-refractivity contribution in [3.8, 4) is 0 Å². The Morgan fingerprint density at radius 3 is 2.50 bits per heavy atom. The van der Waals surface area contributed by atoms with Crippen molar-refractivity contribution in [2.75, 3.05) is 26.8 Å². The molecule has 0 saturated carbocycles. The van der Waals surface area contributed by atoms with Gasteiger partial charge in [0.05, 0.1) is 12.1 Å². The van der Waals surface area contributed by atoms with E-state index in [1.165, 1.54) is 17.1 Å². The number of allylic oxidation sites excluding steroid dienone is 1. The minimum Gasteiger partial charge on any atom is -0.368 e. The Morgan fingerprint density at radius 2 is 1.96 bits per heavy atom. The van der Waals surface area contributed by atoms with E-state index >= 15 is 0 Å². The van der Waals surface area contributed by atoms with Gasteiger partial charge in [-0.3, -0.25) is 9.59 Å². The molecule has 3 atom stereocenters. The maximum Gasteiger partial charge on any atom is 0.320 e. The normalized spacial score (nSPS) is 24.0. The molecule has 0 unspecified atom stereocenters. The summed E-state index contributed by atoms with van der Waals surface area (Å²) >= 11 is 0. The van der Waals surface area contributed by atoms with Crippen LogP contribution in [-0.2, 0) is 9.59 Å². The lowest BCUT2D eigenvalue weighted by atomic mass is 9.97. The molecule has 0 aromatic heterocycles. The Balaban J connectivity index is 2.00. The summed E-state index contributed by atoms with van der Waals surface area (Å²) in [7, 11) is 1.58. The predicted octanol–water partition coefficient (Wildman–Crippen LogP) is 0.359. The van der Waals surface area contributed by atoms with Gasteiger partial charge in [0.2, 0.25) is 11.8 Å². The van der Waals surface area contributed by atoms with Gasteiger partial charge < -0.3 is 20.4 Å². The van der Waals surface area contributed by atoms with Crippen LogP contribution in [-0.4, -0.2) is 77.5 Å². The number of alkyl halides is 1. The van der Waals surface area contributed by atoms with E-state index < -0.39 is 18.6 Å². The molecule has 7 nitrogen and oxygen atoms in total. The van der Waals surface area contributed by atoms with Gasteiger partial charge in [-0.2, -0.15) is 0 Å². The summed E-state index contributed by atoms with van der Waals surface area (Å²) in [5.41, 5.74) is 5.41. The molecule has 2 heterocycles. The third-order valence-electron chi connectivity index (χ3n) is 4.81. The largest absolute Gasteiger partial charge is 0.368 e. The number of halogens is 1. The molecule has 0 radical (unpaired) electrons. The Kier molecular flexibility index (Phi) is 5.46. The molecule has 134 valence electrons. The van der Waals surface area contributed by atoms with Crippen LogP contribution in [0.1, 0.15) is 20.3 Å². The predicted molar refractivity (Wildman–Crippen MR) is 86.7 cm³/mol. The highest BCUT2D eigenvalue weighted by Crippen LogP contribution is 2.33. The smallest absolute Gasteiger partial charge is 0.320 e. The zero-order chi connectivity index (χ0) is 18.0. The van der Waals surface area contributed by atoms with Crippen molar-refractivity contribution < 1.29 is 18.8 Å². The zero-order valence-electron chi connectivity index (χ0n) is 14.3. The highest BCUT2D eigenvalue weighted by atomic mass is 19.1. The maximum absolute atomic E-state index is 12.6. The summed E-state index contributed by atoms with van der Waals surface area (Å²) in [5, 5.41) is 0. The van der Waals surface area contributed by atoms with E-state index in [2.05, 4.69) is 0 Å². The fraction of sp³-hybridized carbons (Fsp3) is 0.688. The van der Waals surface area contributed by atoms with Gasteiger partial charge in [-0.1, -0.05) is 13.8 Å². The summed E-state index contributed by atoms with van der Waals surface area (Å²) in [5.74, 6) is -0.837. The fourth-order valence-corrected chi connectivity index (χ4v) is 3.64. The molecular weight excluding hydrogens is 315 g/mol. The van der Waals surface area contributed by atoms with Gasteiger partial charge >= 0.3 is 6.03 Å². The van der Waals surface area contributed by atoms with Crippen LogP contribution in [0.2, 0.25) is 0 Å². The summed E-state index contributed by atoms with van der Waals surface area (Å²) in [6.45, 7) is 3.97. The second-order valence-corrected chi connectivity index (χ2v) is 6.65. The van der Waals surface area contributed by atoms with Crippen LogP contribution in [0.5, 0.6) is 0 Å². The lowest BCUT2D eigenvalue weighted by Crippen LogP contribution is -2.67. The van der Waals surface area contributed by atoms with Crippen molar-refractivity contribution in [3.05, 3.63) is 12.2 Å². The van der Waals surface area contributed by atoms with Crippen LogP contribution in [0.4, 0.5) is 9.18 Å². The van der Waals surface area contributed by atoms with Gasteiger partial charge in [0.25, 0.3) is 0 Å². The number of fused-ring (bicyclic) bond motifs is 1. The van der Waals surface area contributed by atoms with E-state index in [1.807, 2.05) is 13.8 Å². The average Bonchev–Trinajstić information content (AvgIpc) is 2.80. The number of urea groups is 1. The van der Waals surface area contributed by atoms with Crippen LogP contribution in [0.25, 0.3) is 0 Å². The summed E-state index contributed by atoms with van der Waals surface area (Å²) < 4.78 is 12.1. The molecule has 8 heteroatoms. The number of hydrogen-bond acceptors (Lipinski definition) is 3. The number of carbonyl (C=O) groups is 3. The summed E-state index contributed by atoms with van der Waals surface area (Å²) in [6.07, 6.45) is 3.11. The molecule has 24 heavy (non-hydrogen) atoms. The number of rotatable bonds is 5. The highest BCUT2D eigenvalue weighted by Gasteiger charge is 2.51. The van der Waals surface area contributed by atoms with Gasteiger partial charge in [0.1, 0.15) is 12.7 Å². The van der Waals surface area contributed by atoms with E-state index in [0.29, 0.717) is 19.5 Å². The Morgan fingerprint density at radius 1 is 1.29 bits per heavy atom. The Hall–Kier alpha value is -2.12. The van der Waals surface area contributed by atoms with Crippen LogP contribution < -0.4 is 5.73 Å². The van der Waals surface area contributed by atoms with Gasteiger partial charge in [0, 0.05) is 26.2 Å². The fourth-order valence-electron chi connectivity index (χ4n) is 3.64. The number of likely N-dealkylation sites (tertiary alicyclic amines) is 2. The maximum atomic E-state index is 12.6. The molecule has 0 aromatic carbocycles. The molecular formula is C16H25FN4O3. The van der Waals surface area contributed by atoms with Crippen molar-refractivity contribution >= 4 is 17.8 Å². The van der Waals surface area contributed by atoms with Gasteiger partial charge in [-0.25, -0.2) is 9.18 Å². The number of nitrogens with two attached hydrogens (primary N) is 1. The average molecular weight is 340 g/mol. The second-order valence-electron chi connectivity index (χ2n) is 6.65. The molecule has 0 spiro atoms. The van der Waals surface area contributed by atoms with Crippen molar-refractivity contribution in [1.82, 2.24) is 14.7 Å². The van der Waals surface area contributed by atoms with Crippen LogP contribution >= 0.6 is 0 Å². The first-order chi connectivity index (χ1) is 11.3. The number of carbonyl (C=O) groups excluding carboxylic acids is 3. The van der Waals surface area contributed by atoms with E-state index in [1.54, 1.807) is 16.8 Å². The summed E-state index contributed by atoms with van der Waals surface area (Å²) in [6, 6.07) is -1.00. The van der Waals surface area contributed by atoms with E-state index in [0.717, 1.165) is 0 Å². The van der Waals surface area contributed by atoms with E-state index in [-0.39, 0.29) is 29.9 Å². The molecule has 2 saturated heterocycles. The standard InChI is InChI=1S/C16H25FN4O3/c1-10(2)14(15(18)23)19(3)16(24)21-9-12-11(21)6-8-20(12)13(22)5-4-7-17/h4-5,10-12,14H,6-9H2,1-3H3,(H2,18,23)/b5-4+/t11-,12-,14-/m0/s1. The monoisotopic (exact) mass is 340 g/mol. The second kappa shape index (κ2) is 7.19. The molecule has 2 aliphatic rings. The Labute approximate surface area is 141 Å². The topological polar surface area (TPSA) is 86.9 Å². The lowest BCUT2D eigenvalue weighted by molar-refractivity contribution is -0.129. The molecule has 2 N–H and O–H groups in total. The van der Waals surface area contributed by atoms with Crippen LogP contribution in [0, 0.1) is 5.92 Å². The number of primary amides is 1. The number of nitrogens with zero attached hydrogens (tertiary/aromatic N) is 3. The molecule has 4 amide bonds. The van der Waals surface area contributed by atoms with Gasteiger partial charge in [-0.15, -0.1) is 0 Å². The Bertz CT molecular complexity index is 551. The summed E-state index contributed by atoms with van der Waals surface area (Å²) in [4.78, 5) is 41.0. The third kappa shape index (κ3) is 3.22. The minimum atomic E-state index is -0.674. The van der Waals surface area contributed by atoms with E-state index in [9.17, 15) is 18.8 Å². The first-order valence-electron chi connectivity index (χ1n) is 8.15. The van der Waals surface area contributed by atoms with Crippen molar-refractivity contribution in [2.24, 2.45) is 11.7 Å². The molecule has 2 aliphatic heterocycles. The number of hydrogen-bond donors (Lipinski definition) is 1. The van der Waals surface area contributed by atoms with Crippen molar-refractivity contribution in [1.29, 1.82) is 0 Å². The van der Waals surface area contributed by atoms with Gasteiger partial charge in [0.15, 0.2) is 0 Å². The lowest BCUT2D eigenvalue weighted by Gasteiger charge is -2.48. The quantitative estimate of drug-likeness (QED) is 0.733. The van der Waals surface area contributed by atoms with Crippen molar-refractivity contribution in [2.45, 2.75) is 38.4 Å². The molecule has 2 rings (SSSR count). The highest BCUT2D eigenvalue weighted by molar-refractivity contribution is 5.89. The van der Waals surface area contributed by atoms with Gasteiger partial charge in [-0.05, 0) is 18.4 Å². The third-order valence-corrected chi connectivity index (χ3v) is 4.81. The first kappa shape index (κ1) is 18.2. The number of likely N-dealkylation sites (N-methyl/N-ethyl adjacent to an activating group) is 1. The molecule has 0 aliphatic carbocycles. The first-order valence-corrected chi connectivity index (χ1v) is 8.15. The molecule has 0 bridgehead atoms. The number of amides is 4. The van der Waals surface area contributed by atoms with Crippen LogP contribution in [0.3, 0.4) is 0 Å². The van der Waals surface area contributed by atoms with E-state index in [4.69, 9.17) is 5.73 Å². The molecule has 0 aromatic rings. The van der Waals surface area contributed by atoms with Crippen molar-refractivity contribution in [3.63, 3.8) is 0 Å².